The number of esters is 1. The van der Waals surface area contributed by atoms with E-state index >= 15 is 0 Å². The van der Waals surface area contributed by atoms with Crippen LogP contribution >= 0.6 is 0 Å². The highest BCUT2D eigenvalue weighted by Gasteiger charge is 2.14. The van der Waals surface area contributed by atoms with Crippen molar-refractivity contribution in [3.63, 3.8) is 0 Å². The Hall–Kier alpha value is -2.83. The largest absolute Gasteiger partial charge is 0.493 e. The van der Waals surface area contributed by atoms with Crippen LogP contribution in [0.2, 0.25) is 0 Å². The molecule has 1 rings (SSSR count). The molecule has 25 heavy (non-hydrogen) atoms. The number of methoxy groups -OCH3 is 1. The molecule has 136 valence electrons. The monoisotopic (exact) mass is 348 g/mol. The summed E-state index contributed by atoms with van der Waals surface area (Å²) in [5, 5.41) is 5.32. The van der Waals surface area contributed by atoms with Crippen LogP contribution in [-0.2, 0) is 14.4 Å². The molecule has 0 saturated carbocycles. The normalized spacial score (nSPS) is 12.1. The van der Waals surface area contributed by atoms with Gasteiger partial charge in [-0.25, -0.2) is 0 Å². The summed E-state index contributed by atoms with van der Waals surface area (Å²) in [6.45, 7) is 6.45. The van der Waals surface area contributed by atoms with Crippen molar-refractivity contribution in [1.82, 2.24) is 10.6 Å². The maximum Gasteiger partial charge on any atom is 0.308 e. The molecule has 0 heterocycles. The summed E-state index contributed by atoms with van der Waals surface area (Å²) >= 11 is 0. The molecule has 0 saturated heterocycles. The summed E-state index contributed by atoms with van der Waals surface area (Å²) in [5.41, 5.74) is 0.728. The Morgan fingerprint density at radius 1 is 1.20 bits per heavy atom. The second kappa shape index (κ2) is 9.46. The highest BCUT2D eigenvalue weighted by molar-refractivity contribution is 6.01. The second-order valence-electron chi connectivity index (χ2n) is 5.53. The molecular formula is C18H24N2O5. The van der Waals surface area contributed by atoms with Crippen molar-refractivity contribution in [3.8, 4) is 11.5 Å². The van der Waals surface area contributed by atoms with Crippen LogP contribution in [0, 0.1) is 0 Å². The lowest BCUT2D eigenvalue weighted by Crippen LogP contribution is -2.38. The van der Waals surface area contributed by atoms with Crippen LogP contribution in [0.15, 0.2) is 23.9 Å². The molecule has 0 aromatic heterocycles. The lowest BCUT2D eigenvalue weighted by molar-refractivity contribution is -0.132. The second-order valence-corrected chi connectivity index (χ2v) is 5.53. The van der Waals surface area contributed by atoms with Gasteiger partial charge >= 0.3 is 5.97 Å². The van der Waals surface area contributed by atoms with Crippen LogP contribution in [0.3, 0.4) is 0 Å². The minimum Gasteiger partial charge on any atom is -0.493 e. The topological polar surface area (TPSA) is 93.7 Å². The van der Waals surface area contributed by atoms with Crippen molar-refractivity contribution in [1.29, 1.82) is 0 Å². The van der Waals surface area contributed by atoms with Crippen LogP contribution in [0.1, 0.15) is 39.7 Å². The van der Waals surface area contributed by atoms with Gasteiger partial charge in [0.15, 0.2) is 11.5 Å². The minimum absolute atomic E-state index is 0.0227. The number of carbonyl (C=O) groups is 3. The summed E-state index contributed by atoms with van der Waals surface area (Å²) < 4.78 is 10.2. The average molecular weight is 348 g/mol. The molecule has 0 fully saturated rings. The number of ether oxygens (including phenoxy) is 2. The number of amides is 2. The quantitative estimate of drug-likeness (QED) is 0.447. The first-order chi connectivity index (χ1) is 11.8. The smallest absolute Gasteiger partial charge is 0.308 e. The molecular weight excluding hydrogens is 324 g/mol. The first kappa shape index (κ1) is 20.2. The van der Waals surface area contributed by atoms with E-state index in [0.29, 0.717) is 11.3 Å². The van der Waals surface area contributed by atoms with E-state index in [1.54, 1.807) is 18.2 Å². The Labute approximate surface area is 147 Å². The van der Waals surface area contributed by atoms with Crippen molar-refractivity contribution in [2.24, 2.45) is 0 Å². The predicted molar refractivity (Wildman–Crippen MR) is 94.0 cm³/mol. The zero-order chi connectivity index (χ0) is 19.0. The summed E-state index contributed by atoms with van der Waals surface area (Å²) in [6.07, 6.45) is 2.29. The van der Waals surface area contributed by atoms with Crippen molar-refractivity contribution in [2.75, 3.05) is 7.11 Å². The molecule has 0 bridgehead atoms. The van der Waals surface area contributed by atoms with E-state index in [-0.39, 0.29) is 29.3 Å². The van der Waals surface area contributed by atoms with E-state index in [2.05, 4.69) is 10.6 Å². The Balaban J connectivity index is 3.16. The number of carbonyl (C=O) groups excluding carboxylic acids is 3. The van der Waals surface area contributed by atoms with Crippen LogP contribution in [0.5, 0.6) is 11.5 Å². The average Bonchev–Trinajstić information content (AvgIpc) is 2.54. The molecule has 1 aromatic rings. The van der Waals surface area contributed by atoms with E-state index in [0.717, 1.165) is 6.42 Å². The van der Waals surface area contributed by atoms with Crippen LogP contribution in [0.25, 0.3) is 6.08 Å². The molecule has 1 atom stereocenters. The molecule has 7 nitrogen and oxygen atoms in total. The third-order valence-electron chi connectivity index (χ3n) is 3.30. The van der Waals surface area contributed by atoms with Crippen molar-refractivity contribution in [3.05, 3.63) is 29.5 Å². The number of hydrogen-bond acceptors (Lipinski definition) is 5. The third-order valence-corrected chi connectivity index (χ3v) is 3.30. The van der Waals surface area contributed by atoms with Gasteiger partial charge in [-0.1, -0.05) is 13.0 Å². The van der Waals surface area contributed by atoms with Gasteiger partial charge in [0.25, 0.3) is 5.91 Å². The van der Waals surface area contributed by atoms with Crippen LogP contribution in [-0.4, -0.2) is 30.9 Å². The molecule has 2 amide bonds. The third kappa shape index (κ3) is 6.66. The molecule has 0 radical (unpaired) electrons. The van der Waals surface area contributed by atoms with E-state index in [1.165, 1.54) is 27.0 Å². The van der Waals surface area contributed by atoms with Crippen LogP contribution < -0.4 is 20.1 Å². The summed E-state index contributed by atoms with van der Waals surface area (Å²) in [5.74, 6) is -0.583. The van der Waals surface area contributed by atoms with E-state index in [4.69, 9.17) is 9.47 Å². The van der Waals surface area contributed by atoms with Gasteiger partial charge in [-0.2, -0.15) is 0 Å². The van der Waals surface area contributed by atoms with E-state index in [9.17, 15) is 14.4 Å². The van der Waals surface area contributed by atoms with Crippen molar-refractivity contribution >= 4 is 23.9 Å². The number of hydrogen-bond donors (Lipinski definition) is 2. The molecule has 0 spiro atoms. The molecule has 0 aliphatic heterocycles. The lowest BCUT2D eigenvalue weighted by Gasteiger charge is -2.14. The van der Waals surface area contributed by atoms with Gasteiger partial charge in [-0.05, 0) is 37.1 Å². The lowest BCUT2D eigenvalue weighted by atomic mass is 10.1. The summed E-state index contributed by atoms with van der Waals surface area (Å²) in [4.78, 5) is 34.8. The predicted octanol–water partition coefficient (Wildman–Crippen LogP) is 2.01. The standard InChI is InChI=1S/C18H24N2O5/c1-6-11(2)19-18(23)15(20-12(3)21)9-14-7-8-16(25-13(4)22)17(10-14)24-5/h7-11H,6H2,1-5H3,(H,19,23)(H,20,21)/b15-9+. The Morgan fingerprint density at radius 3 is 2.40 bits per heavy atom. The summed E-state index contributed by atoms with van der Waals surface area (Å²) in [6, 6.07) is 4.80. The fourth-order valence-corrected chi connectivity index (χ4v) is 1.93. The Kier molecular flexibility index (Phi) is 7.65. The molecule has 7 heteroatoms. The van der Waals surface area contributed by atoms with Crippen molar-refractivity contribution < 1.29 is 23.9 Å². The molecule has 2 N–H and O–H groups in total. The summed E-state index contributed by atoms with van der Waals surface area (Å²) in [7, 11) is 1.44. The van der Waals surface area contributed by atoms with Gasteiger partial charge in [0.05, 0.1) is 7.11 Å². The van der Waals surface area contributed by atoms with Gasteiger partial charge in [0.1, 0.15) is 5.70 Å². The molecule has 0 aliphatic carbocycles. The fourth-order valence-electron chi connectivity index (χ4n) is 1.93. The maximum absolute atomic E-state index is 12.3. The number of benzene rings is 1. The van der Waals surface area contributed by atoms with Crippen LogP contribution in [0.4, 0.5) is 0 Å². The van der Waals surface area contributed by atoms with Gasteiger partial charge in [-0.15, -0.1) is 0 Å². The van der Waals surface area contributed by atoms with E-state index in [1.807, 2.05) is 13.8 Å². The number of rotatable bonds is 7. The van der Waals surface area contributed by atoms with Gasteiger partial charge < -0.3 is 20.1 Å². The first-order valence-electron chi connectivity index (χ1n) is 7.93. The molecule has 0 aliphatic rings. The minimum atomic E-state index is -0.464. The Morgan fingerprint density at radius 2 is 1.88 bits per heavy atom. The highest BCUT2D eigenvalue weighted by atomic mass is 16.6. The number of nitrogens with one attached hydrogen (secondary N) is 2. The Bertz CT molecular complexity index is 682. The van der Waals surface area contributed by atoms with Gasteiger partial charge in [-0.3, -0.25) is 14.4 Å². The highest BCUT2D eigenvalue weighted by Crippen LogP contribution is 2.29. The first-order valence-corrected chi connectivity index (χ1v) is 7.93. The molecule has 1 aromatic carbocycles. The molecule has 1 unspecified atom stereocenters. The SMILES string of the molecule is CCC(C)NC(=O)/C(=C\c1ccc(OC(C)=O)c(OC)c1)NC(C)=O. The zero-order valence-corrected chi connectivity index (χ0v) is 15.1. The fraction of sp³-hybridized carbons (Fsp3) is 0.389. The maximum atomic E-state index is 12.3. The van der Waals surface area contributed by atoms with Gasteiger partial charge in [0, 0.05) is 19.9 Å². The van der Waals surface area contributed by atoms with E-state index < -0.39 is 5.97 Å². The van der Waals surface area contributed by atoms with Crippen molar-refractivity contribution in [2.45, 2.75) is 40.2 Å². The van der Waals surface area contributed by atoms with Gasteiger partial charge in [0.2, 0.25) is 5.91 Å². The zero-order valence-electron chi connectivity index (χ0n) is 15.1.